The molecule has 2 rings (SSSR count). The minimum Gasteiger partial charge on any atom is -0.496 e. The lowest BCUT2D eigenvalue weighted by molar-refractivity contribution is -0.104. The van der Waals surface area contributed by atoms with Gasteiger partial charge in [0.1, 0.15) is 29.1 Å². The Hall–Kier alpha value is -2.23. The summed E-state index contributed by atoms with van der Waals surface area (Å²) in [6.45, 7) is 0. The number of furan rings is 1. The van der Waals surface area contributed by atoms with E-state index in [0.717, 1.165) is 5.39 Å². The third-order valence-electron chi connectivity index (χ3n) is 2.39. The van der Waals surface area contributed by atoms with Gasteiger partial charge in [0, 0.05) is 12.1 Å². The smallest absolute Gasteiger partial charge is 0.142 e. The highest BCUT2D eigenvalue weighted by Crippen LogP contribution is 2.33. The molecule has 0 atom stereocenters. The molecular weight excluding hydrogens is 220 g/mol. The number of carbonyl (C=O) groups is 1. The number of allylic oxidation sites excluding steroid dienone is 1. The lowest BCUT2D eigenvalue weighted by Gasteiger charge is -2.04. The van der Waals surface area contributed by atoms with Crippen LogP contribution in [0.4, 0.5) is 0 Å². The molecule has 0 fully saturated rings. The van der Waals surface area contributed by atoms with Gasteiger partial charge >= 0.3 is 0 Å². The molecule has 0 unspecified atom stereocenters. The van der Waals surface area contributed by atoms with Crippen molar-refractivity contribution in [1.29, 1.82) is 0 Å². The van der Waals surface area contributed by atoms with Crippen LogP contribution < -0.4 is 9.47 Å². The normalized spacial score (nSPS) is 10.9. The fourth-order valence-corrected chi connectivity index (χ4v) is 1.61. The quantitative estimate of drug-likeness (QED) is 0.600. The molecule has 4 nitrogen and oxygen atoms in total. The van der Waals surface area contributed by atoms with E-state index < -0.39 is 0 Å². The summed E-state index contributed by atoms with van der Waals surface area (Å²) in [4.78, 5) is 10.2. The van der Waals surface area contributed by atoms with E-state index in [1.165, 1.54) is 6.08 Å². The average Bonchev–Trinajstić information content (AvgIpc) is 2.77. The molecule has 4 heteroatoms. The molecular formula is C13H12O4. The molecule has 2 aromatic rings. The number of carbonyl (C=O) groups excluding carboxylic acids is 1. The zero-order valence-electron chi connectivity index (χ0n) is 9.60. The number of methoxy groups -OCH3 is 2. The van der Waals surface area contributed by atoms with Crippen LogP contribution in [0.1, 0.15) is 5.76 Å². The predicted molar refractivity (Wildman–Crippen MR) is 64.4 cm³/mol. The molecule has 0 saturated carbocycles. The second-order valence-electron chi connectivity index (χ2n) is 3.39. The topological polar surface area (TPSA) is 48.7 Å². The maximum Gasteiger partial charge on any atom is 0.142 e. The van der Waals surface area contributed by atoms with E-state index in [4.69, 9.17) is 13.9 Å². The van der Waals surface area contributed by atoms with Crippen LogP contribution in [0.2, 0.25) is 0 Å². The van der Waals surface area contributed by atoms with Gasteiger partial charge in [-0.15, -0.1) is 0 Å². The molecule has 0 bridgehead atoms. The van der Waals surface area contributed by atoms with Gasteiger partial charge in [-0.05, 0) is 18.2 Å². The summed E-state index contributed by atoms with van der Waals surface area (Å²) in [7, 11) is 3.17. The van der Waals surface area contributed by atoms with E-state index in [2.05, 4.69) is 0 Å². The van der Waals surface area contributed by atoms with E-state index in [1.54, 1.807) is 32.4 Å². The molecule has 0 aliphatic heterocycles. The summed E-state index contributed by atoms with van der Waals surface area (Å²) >= 11 is 0. The number of aldehydes is 1. The Bertz CT molecular complexity index is 566. The van der Waals surface area contributed by atoms with Crippen molar-refractivity contribution in [3.8, 4) is 11.5 Å². The highest BCUT2D eigenvalue weighted by atomic mass is 16.5. The lowest BCUT2D eigenvalue weighted by Crippen LogP contribution is -1.86. The summed E-state index contributed by atoms with van der Waals surface area (Å²) in [5.74, 6) is 1.93. The van der Waals surface area contributed by atoms with Crippen LogP contribution in [0.15, 0.2) is 28.7 Å². The molecule has 0 amide bonds. The van der Waals surface area contributed by atoms with Gasteiger partial charge in [-0.1, -0.05) is 0 Å². The van der Waals surface area contributed by atoms with Crippen LogP contribution in [-0.2, 0) is 4.79 Å². The molecule has 0 saturated heterocycles. The van der Waals surface area contributed by atoms with Crippen molar-refractivity contribution in [2.24, 2.45) is 0 Å². The first-order chi connectivity index (χ1) is 8.28. The lowest BCUT2D eigenvalue weighted by atomic mass is 10.2. The van der Waals surface area contributed by atoms with Crippen molar-refractivity contribution in [3.63, 3.8) is 0 Å². The van der Waals surface area contributed by atoms with Crippen LogP contribution >= 0.6 is 0 Å². The van der Waals surface area contributed by atoms with E-state index in [1.807, 2.05) is 6.07 Å². The van der Waals surface area contributed by atoms with Gasteiger partial charge in [-0.25, -0.2) is 0 Å². The largest absolute Gasteiger partial charge is 0.496 e. The summed E-state index contributed by atoms with van der Waals surface area (Å²) in [6, 6.07) is 5.37. The van der Waals surface area contributed by atoms with Crippen LogP contribution in [0.5, 0.6) is 11.5 Å². The molecule has 1 aromatic carbocycles. The SMILES string of the molecule is COc1cc(OC)c2cc(/C=C/C=O)oc2c1. The van der Waals surface area contributed by atoms with Gasteiger partial charge in [0.05, 0.1) is 19.6 Å². The Morgan fingerprint density at radius 1 is 1.18 bits per heavy atom. The monoisotopic (exact) mass is 232 g/mol. The van der Waals surface area contributed by atoms with Crippen molar-refractivity contribution in [2.45, 2.75) is 0 Å². The fraction of sp³-hybridized carbons (Fsp3) is 0.154. The molecule has 0 spiro atoms. The predicted octanol–water partition coefficient (Wildman–Crippen LogP) is 2.66. The van der Waals surface area contributed by atoms with E-state index in [0.29, 0.717) is 29.1 Å². The van der Waals surface area contributed by atoms with E-state index >= 15 is 0 Å². The van der Waals surface area contributed by atoms with Gasteiger partial charge in [-0.3, -0.25) is 4.79 Å². The van der Waals surface area contributed by atoms with Gasteiger partial charge in [0.2, 0.25) is 0 Å². The Kier molecular flexibility index (Phi) is 3.14. The number of ether oxygens (including phenoxy) is 2. The molecule has 17 heavy (non-hydrogen) atoms. The average molecular weight is 232 g/mol. The first kappa shape index (κ1) is 11.3. The third kappa shape index (κ3) is 2.15. The summed E-state index contributed by atoms with van der Waals surface area (Å²) < 4.78 is 15.9. The van der Waals surface area contributed by atoms with Crippen molar-refractivity contribution in [2.75, 3.05) is 14.2 Å². The van der Waals surface area contributed by atoms with Crippen LogP contribution in [0, 0.1) is 0 Å². The molecule has 0 aliphatic rings. The Balaban J connectivity index is 2.58. The van der Waals surface area contributed by atoms with Crippen molar-refractivity contribution in [3.05, 3.63) is 30.0 Å². The van der Waals surface area contributed by atoms with Gasteiger partial charge in [0.25, 0.3) is 0 Å². The minimum atomic E-state index is 0.596. The van der Waals surface area contributed by atoms with E-state index in [9.17, 15) is 4.79 Å². The Morgan fingerprint density at radius 3 is 2.65 bits per heavy atom. The Morgan fingerprint density at radius 2 is 2.00 bits per heavy atom. The van der Waals surface area contributed by atoms with Crippen molar-refractivity contribution < 1.29 is 18.7 Å². The minimum absolute atomic E-state index is 0.596. The van der Waals surface area contributed by atoms with Crippen molar-refractivity contribution in [1.82, 2.24) is 0 Å². The summed E-state index contributed by atoms with van der Waals surface area (Å²) in [5, 5.41) is 0.846. The standard InChI is InChI=1S/C13H12O4/c1-15-10-7-12(16-2)11-6-9(4-3-5-14)17-13(11)8-10/h3-8H,1-2H3/b4-3+. The first-order valence-electron chi connectivity index (χ1n) is 5.06. The number of hydrogen-bond acceptors (Lipinski definition) is 4. The summed E-state index contributed by atoms with van der Waals surface area (Å²) in [6.07, 6.45) is 3.67. The number of hydrogen-bond donors (Lipinski definition) is 0. The molecule has 0 radical (unpaired) electrons. The van der Waals surface area contributed by atoms with Crippen molar-refractivity contribution >= 4 is 23.3 Å². The number of fused-ring (bicyclic) bond motifs is 1. The first-order valence-corrected chi connectivity index (χ1v) is 5.06. The van der Waals surface area contributed by atoms with Crippen LogP contribution in [0.3, 0.4) is 0 Å². The number of rotatable bonds is 4. The van der Waals surface area contributed by atoms with Gasteiger partial charge in [-0.2, -0.15) is 0 Å². The second-order valence-corrected chi connectivity index (χ2v) is 3.39. The molecule has 1 heterocycles. The molecule has 0 N–H and O–H groups in total. The number of benzene rings is 1. The molecule has 1 aromatic heterocycles. The zero-order chi connectivity index (χ0) is 12.3. The van der Waals surface area contributed by atoms with Gasteiger partial charge in [0.15, 0.2) is 0 Å². The third-order valence-corrected chi connectivity index (χ3v) is 2.39. The maximum atomic E-state index is 10.2. The Labute approximate surface area is 98.4 Å². The zero-order valence-corrected chi connectivity index (χ0v) is 9.60. The highest BCUT2D eigenvalue weighted by molar-refractivity contribution is 5.88. The van der Waals surface area contributed by atoms with Gasteiger partial charge < -0.3 is 13.9 Å². The molecule has 0 aliphatic carbocycles. The van der Waals surface area contributed by atoms with E-state index in [-0.39, 0.29) is 0 Å². The fourth-order valence-electron chi connectivity index (χ4n) is 1.61. The van der Waals surface area contributed by atoms with Crippen LogP contribution in [-0.4, -0.2) is 20.5 Å². The highest BCUT2D eigenvalue weighted by Gasteiger charge is 2.09. The maximum absolute atomic E-state index is 10.2. The second kappa shape index (κ2) is 4.74. The van der Waals surface area contributed by atoms with Crippen LogP contribution in [0.25, 0.3) is 17.0 Å². The summed E-state index contributed by atoms with van der Waals surface area (Å²) in [5.41, 5.74) is 0.659. The molecule has 88 valence electrons.